The fourth-order valence-corrected chi connectivity index (χ4v) is 2.33. The van der Waals surface area contributed by atoms with E-state index >= 15 is 0 Å². The third kappa shape index (κ3) is 3.47. The fraction of sp³-hybridized carbons (Fsp3) is 0.500. The lowest BCUT2D eigenvalue weighted by atomic mass is 9.96. The van der Waals surface area contributed by atoms with Gasteiger partial charge in [0.1, 0.15) is 0 Å². The van der Waals surface area contributed by atoms with Gasteiger partial charge in [0, 0.05) is 18.7 Å². The Morgan fingerprint density at radius 3 is 2.61 bits per heavy atom. The minimum atomic E-state index is 0. The van der Waals surface area contributed by atoms with Crippen LogP contribution in [-0.2, 0) is 0 Å². The van der Waals surface area contributed by atoms with Gasteiger partial charge in [-0.05, 0) is 44.4 Å². The van der Waals surface area contributed by atoms with Crippen LogP contribution in [0.5, 0.6) is 0 Å². The van der Waals surface area contributed by atoms with Gasteiger partial charge in [0.15, 0.2) is 0 Å². The Balaban J connectivity index is 0.00000162. The summed E-state index contributed by atoms with van der Waals surface area (Å²) < 4.78 is 0. The highest BCUT2D eigenvalue weighted by atomic mass is 35.5. The van der Waals surface area contributed by atoms with Crippen molar-refractivity contribution in [3.8, 4) is 0 Å². The molecule has 0 bridgehead atoms. The second kappa shape index (κ2) is 6.76. The molecule has 100 valence electrons. The summed E-state index contributed by atoms with van der Waals surface area (Å²) in [5.41, 5.74) is 7.59. The van der Waals surface area contributed by atoms with Crippen LogP contribution in [0, 0.1) is 12.8 Å². The lowest BCUT2D eigenvalue weighted by Crippen LogP contribution is -2.40. The highest BCUT2D eigenvalue weighted by Gasteiger charge is 2.22. The first kappa shape index (κ1) is 15.0. The molecule has 0 spiro atoms. The Labute approximate surface area is 115 Å². The van der Waals surface area contributed by atoms with Gasteiger partial charge in [-0.2, -0.15) is 0 Å². The smallest absolute Gasteiger partial charge is 0.253 e. The Kier molecular flexibility index (Phi) is 5.63. The zero-order valence-electron chi connectivity index (χ0n) is 10.8. The molecule has 0 aromatic heterocycles. The van der Waals surface area contributed by atoms with Crippen molar-refractivity contribution in [2.45, 2.75) is 19.8 Å². The van der Waals surface area contributed by atoms with E-state index in [0.29, 0.717) is 5.92 Å². The molecule has 1 aliphatic heterocycles. The highest BCUT2D eigenvalue weighted by Crippen LogP contribution is 2.18. The van der Waals surface area contributed by atoms with E-state index < -0.39 is 0 Å². The summed E-state index contributed by atoms with van der Waals surface area (Å²) in [6.07, 6.45) is 2.07. The lowest BCUT2D eigenvalue weighted by Gasteiger charge is -2.31. The van der Waals surface area contributed by atoms with Crippen molar-refractivity contribution in [2.24, 2.45) is 11.7 Å². The van der Waals surface area contributed by atoms with Gasteiger partial charge < -0.3 is 10.6 Å². The number of carbonyl (C=O) groups is 1. The molecule has 1 aliphatic rings. The Bertz CT molecular complexity index is 401. The molecule has 0 saturated carbocycles. The van der Waals surface area contributed by atoms with Crippen molar-refractivity contribution < 1.29 is 4.79 Å². The molecule has 0 radical (unpaired) electrons. The number of amides is 1. The molecule has 2 N–H and O–H groups in total. The molecule has 1 aromatic rings. The zero-order valence-corrected chi connectivity index (χ0v) is 11.6. The van der Waals surface area contributed by atoms with E-state index in [-0.39, 0.29) is 18.3 Å². The van der Waals surface area contributed by atoms with Crippen molar-refractivity contribution >= 4 is 18.3 Å². The quantitative estimate of drug-likeness (QED) is 0.894. The molecule has 1 amide bonds. The maximum Gasteiger partial charge on any atom is 0.253 e. The highest BCUT2D eigenvalue weighted by molar-refractivity contribution is 5.94. The topological polar surface area (TPSA) is 46.3 Å². The zero-order chi connectivity index (χ0) is 12.3. The number of nitrogens with two attached hydrogens (primary N) is 1. The molecule has 4 heteroatoms. The molecule has 18 heavy (non-hydrogen) atoms. The third-order valence-corrected chi connectivity index (χ3v) is 3.50. The first-order valence-corrected chi connectivity index (χ1v) is 6.26. The SMILES string of the molecule is Cc1cccc(C(=O)N2CCC(CN)CC2)c1.Cl. The summed E-state index contributed by atoms with van der Waals surface area (Å²) in [7, 11) is 0. The molecule has 1 heterocycles. The molecule has 0 aliphatic carbocycles. The maximum atomic E-state index is 12.2. The van der Waals surface area contributed by atoms with E-state index in [4.69, 9.17) is 5.73 Å². The van der Waals surface area contributed by atoms with Crippen molar-refractivity contribution in [3.63, 3.8) is 0 Å². The first-order chi connectivity index (χ1) is 8.20. The van der Waals surface area contributed by atoms with E-state index in [1.807, 2.05) is 36.1 Å². The van der Waals surface area contributed by atoms with Gasteiger partial charge in [-0.1, -0.05) is 17.7 Å². The first-order valence-electron chi connectivity index (χ1n) is 6.26. The predicted octanol–water partition coefficient (Wildman–Crippen LogP) is 2.23. The minimum Gasteiger partial charge on any atom is -0.339 e. The second-order valence-corrected chi connectivity index (χ2v) is 4.84. The van der Waals surface area contributed by atoms with Gasteiger partial charge in [-0.15, -0.1) is 12.4 Å². The van der Waals surface area contributed by atoms with Crippen LogP contribution in [0.1, 0.15) is 28.8 Å². The van der Waals surface area contributed by atoms with Gasteiger partial charge in [0.25, 0.3) is 5.91 Å². The number of carbonyl (C=O) groups excluding carboxylic acids is 1. The van der Waals surface area contributed by atoms with Crippen LogP contribution < -0.4 is 5.73 Å². The molecular weight excluding hydrogens is 248 g/mol. The average Bonchev–Trinajstić information content (AvgIpc) is 2.38. The molecule has 1 aromatic carbocycles. The van der Waals surface area contributed by atoms with Crippen LogP contribution >= 0.6 is 12.4 Å². The number of aryl methyl sites for hydroxylation is 1. The monoisotopic (exact) mass is 268 g/mol. The van der Waals surface area contributed by atoms with E-state index in [2.05, 4.69) is 0 Å². The summed E-state index contributed by atoms with van der Waals surface area (Å²) >= 11 is 0. The van der Waals surface area contributed by atoms with Crippen LogP contribution in [0.15, 0.2) is 24.3 Å². The summed E-state index contributed by atoms with van der Waals surface area (Å²) in [6, 6.07) is 7.80. The van der Waals surface area contributed by atoms with Gasteiger partial charge in [0.2, 0.25) is 0 Å². The van der Waals surface area contributed by atoms with Crippen molar-refractivity contribution in [1.82, 2.24) is 4.90 Å². The van der Waals surface area contributed by atoms with Crippen LogP contribution in [-0.4, -0.2) is 30.4 Å². The number of hydrogen-bond acceptors (Lipinski definition) is 2. The summed E-state index contributed by atoms with van der Waals surface area (Å²) in [6.45, 7) is 4.44. The van der Waals surface area contributed by atoms with Gasteiger partial charge in [-0.25, -0.2) is 0 Å². The van der Waals surface area contributed by atoms with Crippen LogP contribution in [0.2, 0.25) is 0 Å². The van der Waals surface area contributed by atoms with Gasteiger partial charge in [0.05, 0.1) is 0 Å². The molecule has 0 unspecified atom stereocenters. The standard InChI is InChI=1S/C14H20N2O.ClH/c1-11-3-2-4-13(9-11)14(17)16-7-5-12(10-15)6-8-16;/h2-4,9,12H,5-8,10,15H2,1H3;1H. The number of nitrogens with zero attached hydrogens (tertiary/aromatic N) is 1. The van der Waals surface area contributed by atoms with Crippen LogP contribution in [0.3, 0.4) is 0 Å². The van der Waals surface area contributed by atoms with E-state index in [1.165, 1.54) is 0 Å². The third-order valence-electron chi connectivity index (χ3n) is 3.50. The molecular formula is C14H21ClN2O. The van der Waals surface area contributed by atoms with Crippen LogP contribution in [0.4, 0.5) is 0 Å². The minimum absolute atomic E-state index is 0. The normalized spacial score (nSPS) is 16.2. The lowest BCUT2D eigenvalue weighted by molar-refractivity contribution is 0.0693. The van der Waals surface area contributed by atoms with E-state index in [1.54, 1.807) is 0 Å². The van der Waals surface area contributed by atoms with E-state index in [9.17, 15) is 4.79 Å². The largest absolute Gasteiger partial charge is 0.339 e. The number of rotatable bonds is 2. The molecule has 1 saturated heterocycles. The maximum absolute atomic E-state index is 12.2. The Morgan fingerprint density at radius 2 is 2.06 bits per heavy atom. The average molecular weight is 269 g/mol. The predicted molar refractivity (Wildman–Crippen MR) is 76.1 cm³/mol. The molecule has 0 atom stereocenters. The fourth-order valence-electron chi connectivity index (χ4n) is 2.33. The number of halogens is 1. The Hall–Kier alpha value is -1.06. The number of benzene rings is 1. The van der Waals surface area contributed by atoms with E-state index in [0.717, 1.165) is 43.6 Å². The molecule has 1 fully saturated rings. The summed E-state index contributed by atoms with van der Waals surface area (Å²) in [5.74, 6) is 0.751. The summed E-state index contributed by atoms with van der Waals surface area (Å²) in [5, 5.41) is 0. The van der Waals surface area contributed by atoms with Crippen molar-refractivity contribution in [1.29, 1.82) is 0 Å². The molecule has 2 rings (SSSR count). The van der Waals surface area contributed by atoms with Crippen molar-refractivity contribution in [2.75, 3.05) is 19.6 Å². The number of hydrogen-bond donors (Lipinski definition) is 1. The number of piperidine rings is 1. The second-order valence-electron chi connectivity index (χ2n) is 4.84. The van der Waals surface area contributed by atoms with Gasteiger partial charge >= 0.3 is 0 Å². The number of likely N-dealkylation sites (tertiary alicyclic amines) is 1. The summed E-state index contributed by atoms with van der Waals surface area (Å²) in [4.78, 5) is 14.2. The van der Waals surface area contributed by atoms with Gasteiger partial charge in [-0.3, -0.25) is 4.79 Å². The Morgan fingerprint density at radius 1 is 1.39 bits per heavy atom. The molecule has 3 nitrogen and oxygen atoms in total. The van der Waals surface area contributed by atoms with Crippen molar-refractivity contribution in [3.05, 3.63) is 35.4 Å². The van der Waals surface area contributed by atoms with Crippen LogP contribution in [0.25, 0.3) is 0 Å².